The van der Waals surface area contributed by atoms with E-state index in [1.807, 2.05) is 89.8 Å². The van der Waals surface area contributed by atoms with Crippen LogP contribution in [0.4, 0.5) is 29.2 Å². The van der Waals surface area contributed by atoms with Gasteiger partial charge in [0, 0.05) is 34.0 Å². The zero-order valence-electron chi connectivity index (χ0n) is 21.0. The van der Waals surface area contributed by atoms with Crippen molar-refractivity contribution < 1.29 is 0 Å². The number of aromatic nitrogens is 3. The fraction of sp³-hybridized carbons (Fsp3) is 0.241. The maximum atomic E-state index is 6.29. The molecule has 0 saturated carbocycles. The third-order valence-corrected chi connectivity index (χ3v) is 6.88. The molecule has 0 bridgehead atoms. The molecule has 1 fully saturated rings. The fourth-order valence-corrected chi connectivity index (χ4v) is 4.89. The highest BCUT2D eigenvalue weighted by molar-refractivity contribution is 6.33. The number of nitrogens with one attached hydrogen (secondary N) is 1. The first-order chi connectivity index (χ1) is 18.1. The Kier molecular flexibility index (Phi) is 7.61. The minimum atomic E-state index is 0.320. The lowest BCUT2D eigenvalue weighted by molar-refractivity contribution is 0.407. The molecule has 7 nitrogen and oxygen atoms in total. The van der Waals surface area contributed by atoms with E-state index in [1.165, 1.54) is 6.42 Å². The normalized spacial score (nSPS) is 17.6. The van der Waals surface area contributed by atoms with E-state index in [4.69, 9.17) is 26.6 Å². The Morgan fingerprint density at radius 2 is 1.43 bits per heavy atom. The van der Waals surface area contributed by atoms with Crippen molar-refractivity contribution in [2.45, 2.75) is 45.2 Å². The van der Waals surface area contributed by atoms with Crippen molar-refractivity contribution in [2.24, 2.45) is 5.10 Å². The molecule has 0 aliphatic carbocycles. The summed E-state index contributed by atoms with van der Waals surface area (Å²) >= 11 is 6.29. The molecule has 3 aromatic carbocycles. The molecule has 37 heavy (non-hydrogen) atoms. The molecule has 0 amide bonds. The Labute approximate surface area is 222 Å². The standard InChI is InChI=1S/C29H30ClN7/c1-21-12-11-13-22(2)36(21)28-32-27(35-31-20-23-14-9-10-19-26(23)30)33-29(34-28)37(24-15-5-3-6-16-24)25-17-7-4-8-18-25/h3-10,14-22H,11-13H2,1-2H3,(H,32,33,34,35)/t21-,22-/m0/s1. The first-order valence-electron chi connectivity index (χ1n) is 12.6. The predicted molar refractivity (Wildman–Crippen MR) is 152 cm³/mol. The van der Waals surface area contributed by atoms with Crippen LogP contribution in [-0.4, -0.2) is 33.3 Å². The van der Waals surface area contributed by atoms with E-state index < -0.39 is 0 Å². The molecule has 0 radical (unpaired) electrons. The predicted octanol–water partition coefficient (Wildman–Crippen LogP) is 7.21. The molecule has 188 valence electrons. The molecule has 1 aliphatic rings. The summed E-state index contributed by atoms with van der Waals surface area (Å²) in [4.78, 5) is 18.9. The maximum absolute atomic E-state index is 6.29. The summed E-state index contributed by atoms with van der Waals surface area (Å²) in [7, 11) is 0. The molecule has 1 N–H and O–H groups in total. The number of hydrogen-bond acceptors (Lipinski definition) is 7. The maximum Gasteiger partial charge on any atom is 0.250 e. The Balaban J connectivity index is 1.59. The van der Waals surface area contributed by atoms with Gasteiger partial charge in [-0.15, -0.1) is 0 Å². The number of benzene rings is 3. The number of hydrogen-bond donors (Lipinski definition) is 1. The highest BCUT2D eigenvalue weighted by Crippen LogP contribution is 2.34. The SMILES string of the molecule is C[C@H]1CCC[C@H](C)N1c1nc(NN=Cc2ccccc2Cl)nc(N(c2ccccc2)c2ccccc2)n1. The molecule has 1 aliphatic heterocycles. The van der Waals surface area contributed by atoms with Gasteiger partial charge in [-0.1, -0.05) is 66.2 Å². The van der Waals surface area contributed by atoms with Crippen LogP contribution >= 0.6 is 11.6 Å². The molecular formula is C29H30ClN7. The van der Waals surface area contributed by atoms with Gasteiger partial charge in [0.2, 0.25) is 17.8 Å². The highest BCUT2D eigenvalue weighted by atomic mass is 35.5. The molecule has 4 aromatic rings. The van der Waals surface area contributed by atoms with Gasteiger partial charge < -0.3 is 4.90 Å². The highest BCUT2D eigenvalue weighted by Gasteiger charge is 2.29. The number of hydrazone groups is 1. The van der Waals surface area contributed by atoms with Gasteiger partial charge in [0.1, 0.15) is 0 Å². The van der Waals surface area contributed by atoms with Crippen LogP contribution in [0.2, 0.25) is 5.02 Å². The summed E-state index contributed by atoms with van der Waals surface area (Å²) in [5.74, 6) is 1.52. The van der Waals surface area contributed by atoms with Crippen LogP contribution in [0.5, 0.6) is 0 Å². The van der Waals surface area contributed by atoms with E-state index in [0.717, 1.165) is 29.8 Å². The summed E-state index contributed by atoms with van der Waals surface area (Å²) in [6.07, 6.45) is 5.06. The van der Waals surface area contributed by atoms with Crippen molar-refractivity contribution in [3.05, 3.63) is 95.5 Å². The van der Waals surface area contributed by atoms with Crippen LogP contribution in [0.15, 0.2) is 90.0 Å². The molecule has 0 spiro atoms. The van der Waals surface area contributed by atoms with Crippen molar-refractivity contribution in [3.8, 4) is 0 Å². The van der Waals surface area contributed by atoms with E-state index in [-0.39, 0.29) is 0 Å². The van der Waals surface area contributed by atoms with Crippen molar-refractivity contribution in [2.75, 3.05) is 15.2 Å². The van der Waals surface area contributed by atoms with Crippen molar-refractivity contribution >= 4 is 47.0 Å². The summed E-state index contributed by atoms with van der Waals surface area (Å²) in [6.45, 7) is 4.46. The van der Waals surface area contributed by atoms with Crippen LogP contribution in [0.25, 0.3) is 0 Å². The van der Waals surface area contributed by atoms with Gasteiger partial charge in [-0.05, 0) is 63.4 Å². The largest absolute Gasteiger partial charge is 0.335 e. The van der Waals surface area contributed by atoms with Gasteiger partial charge in [-0.3, -0.25) is 4.90 Å². The van der Waals surface area contributed by atoms with E-state index in [0.29, 0.717) is 35.0 Å². The number of rotatable bonds is 7. The second-order valence-corrected chi connectivity index (χ2v) is 9.60. The van der Waals surface area contributed by atoms with Gasteiger partial charge in [0.05, 0.1) is 6.21 Å². The summed E-state index contributed by atoms with van der Waals surface area (Å²) in [5.41, 5.74) is 5.74. The van der Waals surface area contributed by atoms with E-state index in [1.54, 1.807) is 6.21 Å². The minimum Gasteiger partial charge on any atom is -0.335 e. The monoisotopic (exact) mass is 511 g/mol. The Hall–Kier alpha value is -3.97. The zero-order chi connectivity index (χ0) is 25.6. The molecular weight excluding hydrogens is 482 g/mol. The molecule has 1 saturated heterocycles. The Morgan fingerprint density at radius 1 is 0.838 bits per heavy atom. The number of para-hydroxylation sites is 2. The van der Waals surface area contributed by atoms with Crippen molar-refractivity contribution in [3.63, 3.8) is 0 Å². The topological polar surface area (TPSA) is 69.5 Å². The van der Waals surface area contributed by atoms with E-state index in [9.17, 15) is 0 Å². The number of anilines is 5. The minimum absolute atomic E-state index is 0.320. The van der Waals surface area contributed by atoms with Gasteiger partial charge in [-0.25, -0.2) is 5.43 Å². The first kappa shape index (κ1) is 24.7. The lowest BCUT2D eigenvalue weighted by Gasteiger charge is -2.39. The fourth-order valence-electron chi connectivity index (χ4n) is 4.71. The third-order valence-electron chi connectivity index (χ3n) is 6.54. The molecule has 8 heteroatoms. The molecule has 2 atom stereocenters. The third kappa shape index (κ3) is 5.73. The summed E-state index contributed by atoms with van der Waals surface area (Å²) < 4.78 is 0. The number of nitrogens with zero attached hydrogens (tertiary/aromatic N) is 6. The lowest BCUT2D eigenvalue weighted by atomic mass is 9.98. The Morgan fingerprint density at radius 3 is 2.05 bits per heavy atom. The average molecular weight is 512 g/mol. The second kappa shape index (κ2) is 11.4. The van der Waals surface area contributed by atoms with Crippen LogP contribution < -0.4 is 15.2 Å². The van der Waals surface area contributed by atoms with Crippen molar-refractivity contribution in [1.29, 1.82) is 0 Å². The van der Waals surface area contributed by atoms with Crippen LogP contribution in [0, 0.1) is 0 Å². The second-order valence-electron chi connectivity index (χ2n) is 9.19. The van der Waals surface area contributed by atoms with Gasteiger partial charge in [-0.2, -0.15) is 20.1 Å². The number of piperidine rings is 1. The molecule has 1 aromatic heterocycles. The molecule has 5 rings (SSSR count). The van der Waals surface area contributed by atoms with Crippen LogP contribution in [0.3, 0.4) is 0 Å². The first-order valence-corrected chi connectivity index (χ1v) is 13.0. The average Bonchev–Trinajstić information content (AvgIpc) is 2.91. The van der Waals surface area contributed by atoms with Gasteiger partial charge in [0.15, 0.2) is 0 Å². The van der Waals surface area contributed by atoms with Crippen molar-refractivity contribution in [1.82, 2.24) is 15.0 Å². The van der Waals surface area contributed by atoms with E-state index in [2.05, 4.69) is 29.3 Å². The smallest absolute Gasteiger partial charge is 0.250 e. The van der Waals surface area contributed by atoms with E-state index >= 15 is 0 Å². The molecule has 0 unspecified atom stereocenters. The van der Waals surface area contributed by atoms with Gasteiger partial charge >= 0.3 is 0 Å². The van der Waals surface area contributed by atoms with Crippen LogP contribution in [-0.2, 0) is 0 Å². The van der Waals surface area contributed by atoms with Gasteiger partial charge in [0.25, 0.3) is 0 Å². The Bertz CT molecular complexity index is 1300. The van der Waals surface area contributed by atoms with Crippen LogP contribution in [0.1, 0.15) is 38.7 Å². The summed E-state index contributed by atoms with van der Waals surface area (Å²) in [5, 5.41) is 5.02. The zero-order valence-corrected chi connectivity index (χ0v) is 21.8. The summed E-state index contributed by atoms with van der Waals surface area (Å²) in [6, 6.07) is 28.4. The molecule has 2 heterocycles. The lowest BCUT2D eigenvalue weighted by Crippen LogP contribution is -2.45. The quantitative estimate of drug-likeness (QED) is 0.209. The number of halogens is 1.